The zero-order chi connectivity index (χ0) is 34.7. The molecular weight excluding hydrogens is 617 g/mol. The van der Waals surface area contributed by atoms with Gasteiger partial charge >= 0.3 is 19.8 Å². The zero-order valence-electron chi connectivity index (χ0n) is 30.3. The normalized spacial score (nSPS) is 13.5. The molecule has 0 saturated carbocycles. The molecule has 0 fully saturated rings. The summed E-state index contributed by atoms with van der Waals surface area (Å²) in [5, 5.41) is 0. The monoisotopic (exact) mass is 689 g/mol. The third-order valence-corrected chi connectivity index (χ3v) is 9.14. The van der Waals surface area contributed by atoms with E-state index in [1.807, 2.05) is 0 Å². The average molecular weight is 690 g/mol. The first kappa shape index (κ1) is 45.8. The molecule has 9 nitrogen and oxygen atoms in total. The number of nitrogens with two attached hydrogens (primary N) is 1. The van der Waals surface area contributed by atoms with E-state index in [2.05, 4.69) is 26.0 Å². The Morgan fingerprint density at radius 2 is 1.04 bits per heavy atom. The molecule has 0 radical (unpaired) electrons. The molecule has 0 aromatic carbocycles. The minimum atomic E-state index is -4.36. The maximum atomic E-state index is 12.4. The van der Waals surface area contributed by atoms with E-state index < -0.39 is 26.5 Å². The van der Waals surface area contributed by atoms with Gasteiger partial charge in [-0.2, -0.15) is 0 Å². The van der Waals surface area contributed by atoms with Crippen molar-refractivity contribution in [3.63, 3.8) is 0 Å². The van der Waals surface area contributed by atoms with Crippen molar-refractivity contribution in [1.82, 2.24) is 0 Å². The standard InChI is InChI=1S/C37H72NO8P/c1-3-5-7-9-11-13-14-15-16-17-18-19-20-22-23-25-27-29-36(39)43-33-35(34-45-47(41,42)44-32-31-38)46-37(40)30-28-26-24-21-12-10-8-6-4-2/h15-16,35H,3-14,17-34,38H2,1-2H3,(H,41,42)/b16-15-/t35-/m1/s1. The van der Waals surface area contributed by atoms with Crippen LogP contribution in [0.1, 0.15) is 181 Å². The molecule has 0 aromatic heterocycles. The Kier molecular flexibility index (Phi) is 33.7. The van der Waals surface area contributed by atoms with Gasteiger partial charge in [0.25, 0.3) is 0 Å². The highest BCUT2D eigenvalue weighted by molar-refractivity contribution is 7.47. The summed E-state index contributed by atoms with van der Waals surface area (Å²) < 4.78 is 32.6. The van der Waals surface area contributed by atoms with Crippen LogP contribution in [0.3, 0.4) is 0 Å². The van der Waals surface area contributed by atoms with E-state index >= 15 is 0 Å². The van der Waals surface area contributed by atoms with Crippen LogP contribution in [-0.4, -0.2) is 49.3 Å². The van der Waals surface area contributed by atoms with E-state index in [-0.39, 0.29) is 38.6 Å². The number of carbonyl (C=O) groups excluding carboxylic acids is 2. The van der Waals surface area contributed by atoms with E-state index in [0.717, 1.165) is 44.9 Å². The van der Waals surface area contributed by atoms with Crippen molar-refractivity contribution in [3.8, 4) is 0 Å². The molecule has 1 unspecified atom stereocenters. The van der Waals surface area contributed by atoms with Crippen molar-refractivity contribution in [2.45, 2.75) is 187 Å². The maximum absolute atomic E-state index is 12.4. The molecule has 278 valence electrons. The summed E-state index contributed by atoms with van der Waals surface area (Å²) in [5.74, 6) is -0.832. The number of hydrogen-bond acceptors (Lipinski definition) is 8. The minimum Gasteiger partial charge on any atom is -0.462 e. The number of hydrogen-bond donors (Lipinski definition) is 2. The smallest absolute Gasteiger partial charge is 0.462 e. The number of esters is 2. The predicted molar refractivity (Wildman–Crippen MR) is 192 cm³/mol. The van der Waals surface area contributed by atoms with Crippen LogP contribution in [0, 0.1) is 0 Å². The number of phosphoric acid groups is 1. The summed E-state index contributed by atoms with van der Waals surface area (Å²) in [5.41, 5.74) is 5.32. The maximum Gasteiger partial charge on any atom is 0.472 e. The Bertz CT molecular complexity index is 794. The van der Waals surface area contributed by atoms with E-state index in [9.17, 15) is 19.0 Å². The van der Waals surface area contributed by atoms with E-state index in [1.165, 1.54) is 103 Å². The van der Waals surface area contributed by atoms with Crippen molar-refractivity contribution in [2.75, 3.05) is 26.4 Å². The number of allylic oxidation sites excluding steroid dienone is 2. The summed E-state index contributed by atoms with van der Waals surface area (Å²) in [6.45, 7) is 3.70. The number of unbranched alkanes of at least 4 members (excludes halogenated alkanes) is 21. The van der Waals surface area contributed by atoms with Crippen molar-refractivity contribution in [1.29, 1.82) is 0 Å². The molecule has 0 saturated heterocycles. The van der Waals surface area contributed by atoms with Crippen molar-refractivity contribution >= 4 is 19.8 Å². The zero-order valence-corrected chi connectivity index (χ0v) is 31.2. The molecule has 10 heteroatoms. The van der Waals surface area contributed by atoms with Crippen molar-refractivity contribution < 1.29 is 37.6 Å². The van der Waals surface area contributed by atoms with Crippen LogP contribution in [0.4, 0.5) is 0 Å². The van der Waals surface area contributed by atoms with Crippen LogP contribution in [0.5, 0.6) is 0 Å². The molecule has 0 spiro atoms. The first-order chi connectivity index (χ1) is 22.8. The lowest BCUT2D eigenvalue weighted by Gasteiger charge is -2.19. The molecule has 0 rings (SSSR count). The highest BCUT2D eigenvalue weighted by Gasteiger charge is 2.25. The molecule has 0 amide bonds. The van der Waals surface area contributed by atoms with Gasteiger partial charge in [-0.1, -0.05) is 142 Å². The largest absolute Gasteiger partial charge is 0.472 e. The number of carbonyl (C=O) groups is 2. The molecule has 0 heterocycles. The summed E-state index contributed by atoms with van der Waals surface area (Å²) in [6, 6.07) is 0. The van der Waals surface area contributed by atoms with Crippen LogP contribution >= 0.6 is 7.82 Å². The topological polar surface area (TPSA) is 134 Å². The quantitative estimate of drug-likeness (QED) is 0.0285. The fraction of sp³-hybridized carbons (Fsp3) is 0.892. The van der Waals surface area contributed by atoms with E-state index in [1.54, 1.807) is 0 Å². The Morgan fingerprint density at radius 3 is 1.51 bits per heavy atom. The summed E-state index contributed by atoms with van der Waals surface area (Å²) in [6.07, 6.45) is 32.5. The fourth-order valence-corrected chi connectivity index (χ4v) is 6.04. The van der Waals surface area contributed by atoms with Crippen molar-refractivity contribution in [3.05, 3.63) is 12.2 Å². The van der Waals surface area contributed by atoms with E-state index in [4.69, 9.17) is 24.3 Å². The summed E-state index contributed by atoms with van der Waals surface area (Å²) >= 11 is 0. The van der Waals surface area contributed by atoms with Gasteiger partial charge < -0.3 is 20.1 Å². The van der Waals surface area contributed by atoms with Gasteiger partial charge in [-0.25, -0.2) is 4.57 Å². The number of phosphoric ester groups is 1. The van der Waals surface area contributed by atoms with Crippen LogP contribution in [0.15, 0.2) is 12.2 Å². The fourth-order valence-electron chi connectivity index (χ4n) is 5.28. The lowest BCUT2D eigenvalue weighted by atomic mass is 10.1. The number of ether oxygens (including phenoxy) is 2. The lowest BCUT2D eigenvalue weighted by molar-refractivity contribution is -0.161. The molecule has 2 atom stereocenters. The average Bonchev–Trinajstić information content (AvgIpc) is 3.05. The number of rotatable bonds is 36. The van der Waals surface area contributed by atoms with Gasteiger partial charge in [-0.15, -0.1) is 0 Å². The Hall–Kier alpha value is -1.25. The molecular formula is C37H72NO8P. The van der Waals surface area contributed by atoms with Gasteiger partial charge in [0.2, 0.25) is 0 Å². The first-order valence-electron chi connectivity index (χ1n) is 19.2. The molecule has 0 bridgehead atoms. The second-order valence-electron chi connectivity index (χ2n) is 12.8. The summed E-state index contributed by atoms with van der Waals surface area (Å²) in [7, 11) is -4.36. The minimum absolute atomic E-state index is 0.0552. The van der Waals surface area contributed by atoms with Gasteiger partial charge in [0.15, 0.2) is 6.10 Å². The Balaban J connectivity index is 4.14. The predicted octanol–water partition coefficient (Wildman–Crippen LogP) is 10.3. The molecule has 0 aliphatic rings. The Morgan fingerprint density at radius 1 is 0.617 bits per heavy atom. The second-order valence-corrected chi connectivity index (χ2v) is 14.3. The third-order valence-electron chi connectivity index (χ3n) is 8.15. The van der Waals surface area contributed by atoms with Gasteiger partial charge in [0, 0.05) is 19.4 Å². The van der Waals surface area contributed by atoms with Crippen LogP contribution in [0.25, 0.3) is 0 Å². The molecule has 47 heavy (non-hydrogen) atoms. The van der Waals surface area contributed by atoms with Crippen molar-refractivity contribution in [2.24, 2.45) is 5.73 Å². The molecule has 0 aliphatic heterocycles. The van der Waals surface area contributed by atoms with Gasteiger partial charge in [-0.05, 0) is 38.5 Å². The highest BCUT2D eigenvalue weighted by atomic mass is 31.2. The summed E-state index contributed by atoms with van der Waals surface area (Å²) in [4.78, 5) is 34.6. The van der Waals surface area contributed by atoms with Crippen LogP contribution in [0.2, 0.25) is 0 Å². The van der Waals surface area contributed by atoms with Crippen LogP contribution in [-0.2, 0) is 32.7 Å². The third kappa shape index (κ3) is 34.4. The first-order valence-corrected chi connectivity index (χ1v) is 20.7. The SMILES string of the molecule is CCCCCCCC/C=C\CCCCCCCCCC(=O)OC[C@H](COP(=O)(O)OCCN)OC(=O)CCCCCCCCCCC. The highest BCUT2D eigenvalue weighted by Crippen LogP contribution is 2.43. The van der Waals surface area contributed by atoms with Crippen LogP contribution < -0.4 is 5.73 Å². The van der Waals surface area contributed by atoms with Gasteiger partial charge in [-0.3, -0.25) is 18.6 Å². The van der Waals surface area contributed by atoms with Gasteiger partial charge in [0.05, 0.1) is 13.2 Å². The van der Waals surface area contributed by atoms with E-state index in [0.29, 0.717) is 6.42 Å². The molecule has 0 aliphatic carbocycles. The second kappa shape index (κ2) is 34.6. The molecule has 0 aromatic rings. The molecule has 3 N–H and O–H groups in total. The van der Waals surface area contributed by atoms with Gasteiger partial charge in [0.1, 0.15) is 6.61 Å². The Labute approximate surface area is 288 Å². The lowest BCUT2D eigenvalue weighted by Crippen LogP contribution is -2.29.